The maximum atomic E-state index is 12.6. The molecule has 0 radical (unpaired) electrons. The number of rotatable bonds is 2. The van der Waals surface area contributed by atoms with E-state index in [1.165, 1.54) is 0 Å². The van der Waals surface area contributed by atoms with E-state index in [0.29, 0.717) is 32.4 Å². The second-order valence-electron chi connectivity index (χ2n) is 6.78. The first-order chi connectivity index (χ1) is 12.1. The maximum Gasteiger partial charge on any atom is 0.250 e. The molecular formula is C19H21N3O3. The first-order valence-electron chi connectivity index (χ1n) is 8.59. The normalized spacial score (nSPS) is 19.8. The van der Waals surface area contributed by atoms with Crippen molar-refractivity contribution in [1.29, 1.82) is 0 Å². The molecule has 6 heteroatoms. The predicted octanol–water partition coefficient (Wildman–Crippen LogP) is 1.58. The van der Waals surface area contributed by atoms with Gasteiger partial charge in [-0.05, 0) is 17.7 Å². The number of carbonyl (C=O) groups is 2. The van der Waals surface area contributed by atoms with Crippen molar-refractivity contribution in [3.63, 3.8) is 0 Å². The summed E-state index contributed by atoms with van der Waals surface area (Å²) in [6.45, 7) is 1.37. The Bertz CT molecular complexity index is 828. The zero-order valence-electron chi connectivity index (χ0n) is 14.3. The van der Waals surface area contributed by atoms with Crippen LogP contribution in [0, 0.1) is 0 Å². The number of fused-ring (bicyclic) bond motifs is 1. The van der Waals surface area contributed by atoms with Gasteiger partial charge in [-0.3, -0.25) is 14.6 Å². The zero-order valence-corrected chi connectivity index (χ0v) is 14.3. The summed E-state index contributed by atoms with van der Waals surface area (Å²) < 4.78 is 5.73. The van der Waals surface area contributed by atoms with Gasteiger partial charge in [0.1, 0.15) is 12.3 Å². The number of hydrogen-bond acceptors (Lipinski definition) is 4. The minimum atomic E-state index is -0.513. The van der Waals surface area contributed by atoms with Crippen LogP contribution in [0.3, 0.4) is 0 Å². The Morgan fingerprint density at radius 2 is 2.08 bits per heavy atom. The monoisotopic (exact) mass is 339 g/mol. The van der Waals surface area contributed by atoms with Gasteiger partial charge in [0.05, 0.1) is 11.9 Å². The van der Waals surface area contributed by atoms with Crippen molar-refractivity contribution in [3.8, 4) is 0 Å². The lowest BCUT2D eigenvalue weighted by molar-refractivity contribution is -0.146. The van der Waals surface area contributed by atoms with E-state index in [1.807, 2.05) is 35.2 Å². The van der Waals surface area contributed by atoms with Crippen LogP contribution in [-0.2, 0) is 20.7 Å². The van der Waals surface area contributed by atoms with E-state index >= 15 is 0 Å². The molecule has 0 bridgehead atoms. The third kappa shape index (κ3) is 2.87. The van der Waals surface area contributed by atoms with Gasteiger partial charge in [0, 0.05) is 44.6 Å². The smallest absolute Gasteiger partial charge is 0.250 e. The molecule has 1 aromatic heterocycles. The van der Waals surface area contributed by atoms with Gasteiger partial charge in [0.2, 0.25) is 5.91 Å². The highest BCUT2D eigenvalue weighted by Crippen LogP contribution is 2.33. The average molecular weight is 339 g/mol. The molecule has 0 N–H and O–H groups in total. The average Bonchev–Trinajstić information content (AvgIpc) is 2.91. The van der Waals surface area contributed by atoms with E-state index in [1.54, 1.807) is 18.1 Å². The second kappa shape index (κ2) is 6.11. The van der Waals surface area contributed by atoms with E-state index in [4.69, 9.17) is 4.74 Å². The van der Waals surface area contributed by atoms with E-state index < -0.39 is 5.72 Å². The van der Waals surface area contributed by atoms with Crippen LogP contribution in [0.5, 0.6) is 0 Å². The molecule has 1 spiro atoms. The number of nitrogens with zero attached hydrogens (tertiary/aromatic N) is 3. The number of piperidine rings is 1. The highest BCUT2D eigenvalue weighted by molar-refractivity contribution is 5.83. The molecule has 0 unspecified atom stereocenters. The topological polar surface area (TPSA) is 62.7 Å². The van der Waals surface area contributed by atoms with Crippen molar-refractivity contribution in [3.05, 3.63) is 42.1 Å². The number of benzene rings is 1. The molecular weight excluding hydrogens is 318 g/mol. The molecule has 4 rings (SSSR count). The Kier molecular flexibility index (Phi) is 3.92. The highest BCUT2D eigenvalue weighted by Gasteiger charge is 2.46. The summed E-state index contributed by atoms with van der Waals surface area (Å²) in [6.07, 6.45) is 3.47. The Labute approximate surface area is 146 Å². The van der Waals surface area contributed by atoms with Crippen LogP contribution in [0.1, 0.15) is 18.4 Å². The van der Waals surface area contributed by atoms with Crippen LogP contribution >= 0.6 is 0 Å². The molecule has 2 aliphatic rings. The number of pyridine rings is 1. The molecule has 2 aliphatic heterocycles. The minimum Gasteiger partial charge on any atom is -0.346 e. The molecule has 0 aliphatic carbocycles. The van der Waals surface area contributed by atoms with E-state index in [0.717, 1.165) is 16.5 Å². The summed E-state index contributed by atoms with van der Waals surface area (Å²) in [4.78, 5) is 32.3. The van der Waals surface area contributed by atoms with Crippen LogP contribution in [0.15, 0.2) is 36.5 Å². The molecule has 2 saturated heterocycles. The lowest BCUT2D eigenvalue weighted by Crippen LogP contribution is -2.53. The molecule has 6 nitrogen and oxygen atoms in total. The largest absolute Gasteiger partial charge is 0.346 e. The van der Waals surface area contributed by atoms with Gasteiger partial charge in [-0.15, -0.1) is 0 Å². The number of likely N-dealkylation sites (N-methyl/N-ethyl adjacent to an activating group) is 1. The van der Waals surface area contributed by atoms with Crippen molar-refractivity contribution in [2.45, 2.75) is 25.0 Å². The Balaban J connectivity index is 1.41. The third-order valence-electron chi connectivity index (χ3n) is 5.37. The van der Waals surface area contributed by atoms with Crippen molar-refractivity contribution >= 4 is 22.7 Å². The third-order valence-corrected chi connectivity index (χ3v) is 5.37. The summed E-state index contributed by atoms with van der Waals surface area (Å²) in [6, 6.07) is 9.88. The number of ether oxygens (including phenoxy) is 1. The van der Waals surface area contributed by atoms with E-state index in [-0.39, 0.29) is 18.4 Å². The van der Waals surface area contributed by atoms with Crippen LogP contribution < -0.4 is 0 Å². The molecule has 2 aromatic rings. The fourth-order valence-electron chi connectivity index (χ4n) is 3.71. The second-order valence-corrected chi connectivity index (χ2v) is 6.78. The highest BCUT2D eigenvalue weighted by atomic mass is 16.5. The fraction of sp³-hybridized carbons (Fsp3) is 0.421. The van der Waals surface area contributed by atoms with Crippen LogP contribution in [0.25, 0.3) is 10.9 Å². The Hall–Kier alpha value is -2.47. The molecule has 25 heavy (non-hydrogen) atoms. The quantitative estimate of drug-likeness (QED) is 0.833. The number of carbonyl (C=O) groups excluding carboxylic acids is 2. The van der Waals surface area contributed by atoms with Gasteiger partial charge in [-0.1, -0.05) is 18.2 Å². The molecule has 2 fully saturated rings. The summed E-state index contributed by atoms with van der Waals surface area (Å²) in [7, 11) is 1.79. The van der Waals surface area contributed by atoms with E-state index in [9.17, 15) is 9.59 Å². The van der Waals surface area contributed by atoms with E-state index in [2.05, 4.69) is 4.98 Å². The van der Waals surface area contributed by atoms with Crippen molar-refractivity contribution < 1.29 is 14.3 Å². The summed E-state index contributed by atoms with van der Waals surface area (Å²) in [5.74, 6) is 0.126. The molecule has 2 amide bonds. The number of amides is 2. The van der Waals surface area contributed by atoms with Gasteiger partial charge in [-0.25, -0.2) is 0 Å². The number of hydrogen-bond donors (Lipinski definition) is 0. The zero-order chi connectivity index (χ0) is 17.4. The van der Waals surface area contributed by atoms with Crippen LogP contribution in [0.2, 0.25) is 0 Å². The maximum absolute atomic E-state index is 12.6. The van der Waals surface area contributed by atoms with Crippen molar-refractivity contribution in [2.24, 2.45) is 0 Å². The molecule has 130 valence electrons. The van der Waals surface area contributed by atoms with Crippen molar-refractivity contribution in [2.75, 3.05) is 26.7 Å². The summed E-state index contributed by atoms with van der Waals surface area (Å²) >= 11 is 0. The van der Waals surface area contributed by atoms with Gasteiger partial charge >= 0.3 is 0 Å². The minimum absolute atomic E-state index is 0.0171. The molecule has 0 saturated carbocycles. The molecule has 1 aromatic carbocycles. The van der Waals surface area contributed by atoms with Gasteiger partial charge in [0.25, 0.3) is 5.91 Å². The van der Waals surface area contributed by atoms with Crippen LogP contribution in [0.4, 0.5) is 0 Å². The predicted molar refractivity (Wildman–Crippen MR) is 92.7 cm³/mol. The Morgan fingerprint density at radius 3 is 2.80 bits per heavy atom. The number of aromatic nitrogens is 1. The Morgan fingerprint density at radius 1 is 1.28 bits per heavy atom. The van der Waals surface area contributed by atoms with Gasteiger partial charge in [0.15, 0.2) is 0 Å². The van der Waals surface area contributed by atoms with Gasteiger partial charge in [-0.2, -0.15) is 0 Å². The standard InChI is InChI=1S/C19H21N3O3/c1-21-18(24)13-25-19(21)6-9-22(10-7-19)17(23)12-14-4-5-15-3-2-8-20-16(15)11-14/h2-5,8,11H,6-7,9-10,12-13H2,1H3. The summed E-state index contributed by atoms with van der Waals surface area (Å²) in [5, 5.41) is 1.07. The first kappa shape index (κ1) is 16.0. The van der Waals surface area contributed by atoms with Crippen LogP contribution in [-0.4, -0.2) is 59.1 Å². The lowest BCUT2D eigenvalue weighted by Gasteiger charge is -2.42. The molecule has 0 atom stereocenters. The first-order valence-corrected chi connectivity index (χ1v) is 8.59. The number of likely N-dealkylation sites (tertiary alicyclic amines) is 1. The van der Waals surface area contributed by atoms with Crippen molar-refractivity contribution in [1.82, 2.24) is 14.8 Å². The lowest BCUT2D eigenvalue weighted by atomic mass is 9.98. The summed E-state index contributed by atoms with van der Waals surface area (Å²) in [5.41, 5.74) is 1.37. The SMILES string of the molecule is CN1C(=O)COC12CCN(C(=O)Cc1ccc3cccnc3c1)CC2. The fourth-order valence-corrected chi connectivity index (χ4v) is 3.71. The molecule has 3 heterocycles. The van der Waals surface area contributed by atoms with Gasteiger partial charge < -0.3 is 14.5 Å².